The molecule has 16 heteroatoms. The summed E-state index contributed by atoms with van der Waals surface area (Å²) in [6, 6.07) is 11.2. The molecule has 3 saturated heterocycles. The summed E-state index contributed by atoms with van der Waals surface area (Å²) in [6.07, 6.45) is 2.28. The number of carbonyl (C=O) groups is 4. The zero-order chi connectivity index (χ0) is 34.3. The number of rotatable bonds is 8. The Bertz CT molecular complexity index is 1980. The van der Waals surface area contributed by atoms with Crippen LogP contribution in [0.5, 0.6) is 5.75 Å². The Morgan fingerprint density at radius 2 is 1.81 bits per heavy atom. The lowest BCUT2D eigenvalue weighted by atomic mass is 9.88. The van der Waals surface area contributed by atoms with Crippen LogP contribution in [0.25, 0.3) is 10.8 Å². The Morgan fingerprint density at radius 3 is 2.48 bits per heavy atom. The molecule has 3 aliphatic heterocycles. The van der Waals surface area contributed by atoms with Crippen molar-refractivity contribution in [1.82, 2.24) is 10.0 Å². The monoisotopic (exact) mass is 679 g/mol. The molecule has 0 aliphatic carbocycles. The van der Waals surface area contributed by atoms with Crippen molar-refractivity contribution in [3.63, 3.8) is 0 Å². The third-order valence-electron chi connectivity index (χ3n) is 8.99. The highest BCUT2D eigenvalue weighted by molar-refractivity contribution is 7.92. The topological polar surface area (TPSA) is 201 Å². The molecule has 0 spiro atoms. The number of phenols is 1. The number of anilines is 4. The second-order valence-electron chi connectivity index (χ2n) is 12.1. The number of nitrogens with zero attached hydrogens (tertiary/aromatic N) is 2. The van der Waals surface area contributed by atoms with Crippen molar-refractivity contribution in [2.45, 2.75) is 32.1 Å². The van der Waals surface area contributed by atoms with Gasteiger partial charge in [-0.2, -0.15) is 8.42 Å². The van der Waals surface area contributed by atoms with Crippen LogP contribution in [0, 0.1) is 23.1 Å². The summed E-state index contributed by atoms with van der Waals surface area (Å²) in [6.45, 7) is 0.748. The first kappa shape index (κ1) is 32.7. The van der Waals surface area contributed by atoms with E-state index in [2.05, 4.69) is 20.9 Å². The van der Waals surface area contributed by atoms with Crippen LogP contribution in [0.4, 0.5) is 27.1 Å². The van der Waals surface area contributed by atoms with Crippen LogP contribution in [0.15, 0.2) is 42.5 Å². The van der Waals surface area contributed by atoms with Gasteiger partial charge in [-0.25, -0.2) is 13.4 Å². The third-order valence-corrected chi connectivity index (χ3v) is 10.4. The first-order valence-electron chi connectivity index (χ1n) is 15.4. The molecule has 1 atom stereocenters. The second-order valence-corrected chi connectivity index (χ2v) is 13.7. The van der Waals surface area contributed by atoms with Crippen LogP contribution in [-0.2, 0) is 29.4 Å². The number of nitrogens with one attached hydrogen (secondary N) is 5. The summed E-state index contributed by atoms with van der Waals surface area (Å²) < 4.78 is 42.0. The molecular weight excluding hydrogens is 645 g/mol. The van der Waals surface area contributed by atoms with Gasteiger partial charge in [-0.05, 0) is 73.0 Å². The molecule has 3 fully saturated rings. The van der Waals surface area contributed by atoms with E-state index in [9.17, 15) is 32.7 Å². The first-order valence-corrected chi connectivity index (χ1v) is 16.9. The molecule has 0 bridgehead atoms. The SMILES string of the molecule is CNc1cc(N2CCC(CC(=O)Nc3ccc4c(F)c(N5CC(=O)NS5(=O)=O)c(O)cc4c3)CC2)ccc1C(=N)[C@H]1CCC(=O)NC1=O. The molecule has 252 valence electrons. The Kier molecular flexibility index (Phi) is 8.68. The maximum atomic E-state index is 15.4. The lowest BCUT2D eigenvalue weighted by Gasteiger charge is -2.34. The van der Waals surface area contributed by atoms with E-state index in [1.165, 1.54) is 24.3 Å². The van der Waals surface area contributed by atoms with Gasteiger partial charge in [-0.1, -0.05) is 0 Å². The van der Waals surface area contributed by atoms with Gasteiger partial charge < -0.3 is 26.0 Å². The van der Waals surface area contributed by atoms with Gasteiger partial charge >= 0.3 is 10.2 Å². The van der Waals surface area contributed by atoms with Gasteiger partial charge in [0.2, 0.25) is 17.7 Å². The van der Waals surface area contributed by atoms with E-state index < -0.39 is 51.7 Å². The largest absolute Gasteiger partial charge is 0.506 e. The van der Waals surface area contributed by atoms with Crippen LogP contribution in [0.3, 0.4) is 0 Å². The summed E-state index contributed by atoms with van der Waals surface area (Å²) in [7, 11) is -2.58. The van der Waals surface area contributed by atoms with E-state index in [1.807, 2.05) is 18.2 Å². The number of halogens is 1. The van der Waals surface area contributed by atoms with Crippen molar-refractivity contribution in [3.8, 4) is 5.75 Å². The van der Waals surface area contributed by atoms with Crippen molar-refractivity contribution < 1.29 is 37.1 Å². The average Bonchev–Trinajstić information content (AvgIpc) is 3.31. The number of amides is 4. The van der Waals surface area contributed by atoms with Crippen LogP contribution >= 0.6 is 0 Å². The van der Waals surface area contributed by atoms with E-state index in [4.69, 9.17) is 5.41 Å². The van der Waals surface area contributed by atoms with Crippen LogP contribution in [-0.4, -0.2) is 69.5 Å². The van der Waals surface area contributed by atoms with Gasteiger partial charge in [0.05, 0.1) is 11.6 Å². The molecular formula is C32H34FN7O7S. The molecule has 3 heterocycles. The van der Waals surface area contributed by atoms with Crippen molar-refractivity contribution in [2.75, 3.05) is 46.5 Å². The number of phenolic OH excluding ortho intramolecular Hbond substituents is 1. The smallest absolute Gasteiger partial charge is 0.326 e. The van der Waals surface area contributed by atoms with Gasteiger partial charge in [-0.3, -0.25) is 24.5 Å². The highest BCUT2D eigenvalue weighted by Crippen LogP contribution is 2.39. The minimum absolute atomic E-state index is 0.00463. The molecule has 0 radical (unpaired) electrons. The van der Waals surface area contributed by atoms with Gasteiger partial charge in [0.25, 0.3) is 5.91 Å². The fourth-order valence-electron chi connectivity index (χ4n) is 6.50. The van der Waals surface area contributed by atoms with E-state index in [0.29, 0.717) is 40.8 Å². The minimum atomic E-state index is -4.33. The van der Waals surface area contributed by atoms with Crippen molar-refractivity contribution in [2.24, 2.45) is 11.8 Å². The third kappa shape index (κ3) is 6.34. The highest BCUT2D eigenvalue weighted by Gasteiger charge is 2.38. The molecule has 0 aromatic heterocycles. The molecule has 6 N–H and O–H groups in total. The second kappa shape index (κ2) is 12.7. The zero-order valence-electron chi connectivity index (χ0n) is 25.9. The molecule has 3 aliphatic rings. The van der Waals surface area contributed by atoms with E-state index in [0.717, 1.165) is 18.5 Å². The molecule has 14 nitrogen and oxygen atoms in total. The van der Waals surface area contributed by atoms with E-state index in [-0.39, 0.29) is 47.1 Å². The Labute approximate surface area is 275 Å². The molecule has 6 rings (SSSR count). The Balaban J connectivity index is 1.06. The van der Waals surface area contributed by atoms with Gasteiger partial charge in [0.15, 0.2) is 5.82 Å². The number of hydrogen-bond acceptors (Lipinski definition) is 10. The van der Waals surface area contributed by atoms with Crippen molar-refractivity contribution >= 4 is 73.1 Å². The minimum Gasteiger partial charge on any atom is -0.506 e. The zero-order valence-corrected chi connectivity index (χ0v) is 26.7. The van der Waals surface area contributed by atoms with Gasteiger partial charge in [-0.15, -0.1) is 0 Å². The number of hydrogen-bond donors (Lipinski definition) is 6. The number of piperidine rings is 2. The summed E-state index contributed by atoms with van der Waals surface area (Å²) in [5.74, 6) is -4.10. The summed E-state index contributed by atoms with van der Waals surface area (Å²) in [5, 5.41) is 27.6. The first-order chi connectivity index (χ1) is 22.8. The number of aromatic hydroxyl groups is 1. The molecule has 48 heavy (non-hydrogen) atoms. The van der Waals surface area contributed by atoms with Crippen LogP contribution in [0.1, 0.15) is 37.7 Å². The van der Waals surface area contributed by atoms with Crippen molar-refractivity contribution in [1.29, 1.82) is 5.41 Å². The normalized spacial score (nSPS) is 19.6. The van der Waals surface area contributed by atoms with Gasteiger partial charge in [0, 0.05) is 61.0 Å². The van der Waals surface area contributed by atoms with Crippen LogP contribution < -0.4 is 29.9 Å². The summed E-state index contributed by atoms with van der Waals surface area (Å²) in [4.78, 5) is 50.6. The highest BCUT2D eigenvalue weighted by atomic mass is 32.2. The Morgan fingerprint density at radius 1 is 1.06 bits per heavy atom. The maximum Gasteiger partial charge on any atom is 0.326 e. The van der Waals surface area contributed by atoms with Crippen LogP contribution in [0.2, 0.25) is 0 Å². The standard InChI is InChI=1S/C32H34FN7O7S/c1-35-24-15-20(3-5-22(24)30(34)23-6-7-26(42)37-32(23)45)39-10-8-17(9-11-39)12-27(43)36-19-2-4-21-18(13-19)14-25(41)31(29(21)33)40-16-28(44)38-48(40,46)47/h2-5,13-15,17,23,34-35,41H,6-12,16H2,1H3,(H,36,43)(H,38,44)(H,37,42,45)/t23-/m1/s1. The number of carbonyl (C=O) groups excluding carboxylic acids is 4. The lowest BCUT2D eigenvalue weighted by Crippen LogP contribution is -2.44. The molecule has 0 saturated carbocycles. The summed E-state index contributed by atoms with van der Waals surface area (Å²) in [5.41, 5.74) is 2.16. The molecule has 3 aromatic rings. The number of fused-ring (bicyclic) bond motifs is 1. The number of benzene rings is 3. The van der Waals surface area contributed by atoms with Crippen molar-refractivity contribution in [3.05, 3.63) is 53.8 Å². The Hall–Kier alpha value is -5.25. The lowest BCUT2D eigenvalue weighted by molar-refractivity contribution is -0.134. The quantitative estimate of drug-likeness (QED) is 0.153. The van der Waals surface area contributed by atoms with E-state index in [1.54, 1.807) is 11.8 Å². The predicted molar refractivity (Wildman–Crippen MR) is 177 cm³/mol. The summed E-state index contributed by atoms with van der Waals surface area (Å²) >= 11 is 0. The fraction of sp³-hybridized carbons (Fsp3) is 0.344. The molecule has 0 unspecified atom stereocenters. The molecule has 4 amide bonds. The molecule has 3 aromatic carbocycles. The number of imide groups is 1. The van der Waals surface area contributed by atoms with E-state index >= 15 is 4.39 Å². The predicted octanol–water partition coefficient (Wildman–Crippen LogP) is 2.57. The maximum absolute atomic E-state index is 15.4. The average molecular weight is 680 g/mol. The fourth-order valence-corrected chi connectivity index (χ4v) is 7.66. The van der Waals surface area contributed by atoms with Gasteiger partial charge in [0.1, 0.15) is 18.0 Å².